The highest BCUT2D eigenvalue weighted by Crippen LogP contribution is 2.57. The molecule has 4 heterocycles. The number of fused-ring (bicyclic) bond motifs is 1. The SMILES string of the molecule is CCCCCCCCC(CCCCCC)CN1C(=O)C2=C(c3ccc(C(C)(C)N)s3)N(CC(CCCCCC)CCCCCCCC)C(=O)C2=C1c1ccc(-c2cc3c(OCCCCCC)c(OCCCCCC)c4cc(C(C)(C)N)cc5c(OCCCCCC)c(OCCCCCC)c(c2)c3c45)s1. The van der Waals surface area contributed by atoms with Crippen LogP contribution in [0.15, 0.2) is 59.7 Å². The van der Waals surface area contributed by atoms with Crippen LogP contribution in [-0.4, -0.2) is 61.1 Å². The number of unbranched alkanes of at least 4 members (excludes halogenated alkanes) is 28. The largest absolute Gasteiger partial charge is 0.489 e. The number of thiophene rings is 2. The summed E-state index contributed by atoms with van der Waals surface area (Å²) in [6.07, 6.45) is 45.5. The van der Waals surface area contributed by atoms with Gasteiger partial charge < -0.3 is 40.2 Å². The molecule has 0 fully saturated rings. The predicted octanol–water partition coefficient (Wildman–Crippen LogP) is 27.1. The summed E-state index contributed by atoms with van der Waals surface area (Å²) in [5.41, 5.74) is 17.6. The third-order valence-corrected chi connectivity index (χ3v) is 24.7. The molecular formula is C92H142N4O6S2. The molecule has 4 aromatic carbocycles. The molecule has 8 rings (SSSR count). The van der Waals surface area contributed by atoms with Gasteiger partial charge in [0.25, 0.3) is 11.8 Å². The van der Waals surface area contributed by atoms with Crippen LogP contribution < -0.4 is 30.4 Å². The van der Waals surface area contributed by atoms with Gasteiger partial charge in [-0.2, -0.15) is 0 Å². The molecule has 104 heavy (non-hydrogen) atoms. The van der Waals surface area contributed by atoms with Crippen molar-refractivity contribution in [3.63, 3.8) is 0 Å². The molecule has 4 N–H and O–H groups in total. The van der Waals surface area contributed by atoms with Gasteiger partial charge >= 0.3 is 0 Å². The molecule has 0 saturated carbocycles. The Morgan fingerprint density at radius 1 is 0.356 bits per heavy atom. The Kier molecular flexibility index (Phi) is 35.5. The van der Waals surface area contributed by atoms with Crippen molar-refractivity contribution in [1.82, 2.24) is 9.80 Å². The number of nitrogens with two attached hydrogens (primary N) is 2. The Hall–Kier alpha value is -5.14. The molecule has 578 valence electrons. The van der Waals surface area contributed by atoms with Gasteiger partial charge in [0.2, 0.25) is 0 Å². The van der Waals surface area contributed by atoms with Crippen LogP contribution >= 0.6 is 22.7 Å². The van der Waals surface area contributed by atoms with Crippen LogP contribution in [0.25, 0.3) is 54.2 Å². The van der Waals surface area contributed by atoms with E-state index in [9.17, 15) is 0 Å². The number of rotatable bonds is 57. The van der Waals surface area contributed by atoms with E-state index >= 15 is 9.59 Å². The van der Waals surface area contributed by atoms with Crippen LogP contribution in [0.5, 0.6) is 23.0 Å². The summed E-state index contributed by atoms with van der Waals surface area (Å²) in [6, 6.07) is 18.0. The summed E-state index contributed by atoms with van der Waals surface area (Å²) in [7, 11) is 0. The monoisotopic (exact) mass is 1460 g/mol. The summed E-state index contributed by atoms with van der Waals surface area (Å²) >= 11 is 3.35. The molecule has 0 spiro atoms. The fourth-order valence-electron chi connectivity index (χ4n) is 15.9. The minimum Gasteiger partial charge on any atom is -0.489 e. The number of hydrogen-bond acceptors (Lipinski definition) is 10. The number of hydrogen-bond donors (Lipinski definition) is 2. The summed E-state index contributed by atoms with van der Waals surface area (Å²) in [5, 5.41) is 6.07. The summed E-state index contributed by atoms with van der Waals surface area (Å²) < 4.78 is 29.2. The average molecular weight is 1460 g/mol. The molecular weight excluding hydrogens is 1320 g/mol. The second-order valence-corrected chi connectivity index (χ2v) is 34.6. The highest BCUT2D eigenvalue weighted by molar-refractivity contribution is 7.16. The zero-order chi connectivity index (χ0) is 74.4. The van der Waals surface area contributed by atoms with Crippen LogP contribution in [0.3, 0.4) is 0 Å². The zero-order valence-electron chi connectivity index (χ0n) is 67.6. The molecule has 0 aliphatic carbocycles. The molecule has 2 amide bonds. The second-order valence-electron chi connectivity index (χ2n) is 32.4. The van der Waals surface area contributed by atoms with Crippen molar-refractivity contribution in [2.75, 3.05) is 39.5 Å². The van der Waals surface area contributed by atoms with E-state index in [1.165, 1.54) is 103 Å². The normalized spacial score (nSPS) is 14.3. The van der Waals surface area contributed by atoms with E-state index in [1.807, 2.05) is 0 Å². The molecule has 2 aliphatic heterocycles. The molecule has 2 atom stereocenters. The van der Waals surface area contributed by atoms with Gasteiger partial charge in [0, 0.05) is 66.2 Å². The Labute approximate surface area is 639 Å². The highest BCUT2D eigenvalue weighted by atomic mass is 32.1. The first-order chi connectivity index (χ1) is 50.5. The van der Waals surface area contributed by atoms with Crippen molar-refractivity contribution in [2.24, 2.45) is 23.3 Å². The first-order valence-corrected chi connectivity index (χ1v) is 44.4. The topological polar surface area (TPSA) is 130 Å². The van der Waals surface area contributed by atoms with Crippen molar-refractivity contribution in [2.45, 2.75) is 351 Å². The molecule has 2 aromatic heterocycles. The lowest BCUT2D eigenvalue weighted by atomic mass is 9.85. The van der Waals surface area contributed by atoms with E-state index in [-0.39, 0.29) is 17.7 Å². The summed E-state index contributed by atoms with van der Waals surface area (Å²) in [4.78, 5) is 41.3. The fraction of sp³-hybridized carbons (Fsp3) is 0.674. The van der Waals surface area contributed by atoms with E-state index in [4.69, 9.17) is 30.4 Å². The summed E-state index contributed by atoms with van der Waals surface area (Å²) in [6.45, 7) is 29.9. The van der Waals surface area contributed by atoms with Crippen LogP contribution in [0.2, 0.25) is 0 Å². The molecule has 2 unspecified atom stereocenters. The quantitative estimate of drug-likeness (QED) is 0.0285. The Morgan fingerprint density at radius 2 is 0.644 bits per heavy atom. The average Bonchev–Trinajstić information content (AvgIpc) is 1.39. The second kappa shape index (κ2) is 43.8. The molecule has 0 bridgehead atoms. The number of amides is 2. The lowest BCUT2D eigenvalue weighted by Gasteiger charge is -2.29. The van der Waals surface area contributed by atoms with Crippen molar-refractivity contribution in [1.29, 1.82) is 0 Å². The first kappa shape index (κ1) is 84.5. The van der Waals surface area contributed by atoms with Gasteiger partial charge in [0.1, 0.15) is 0 Å². The molecule has 0 radical (unpaired) electrons. The minimum atomic E-state index is -0.689. The van der Waals surface area contributed by atoms with Crippen molar-refractivity contribution >= 4 is 78.2 Å². The molecule has 0 saturated heterocycles. The molecule has 2 aliphatic rings. The molecule has 10 nitrogen and oxygen atoms in total. The Bertz CT molecular complexity index is 3510. The maximum Gasteiger partial charge on any atom is 0.261 e. The minimum absolute atomic E-state index is 0.0373. The van der Waals surface area contributed by atoms with E-state index < -0.39 is 11.1 Å². The number of benzene rings is 4. The van der Waals surface area contributed by atoms with Crippen LogP contribution in [0.1, 0.15) is 360 Å². The van der Waals surface area contributed by atoms with E-state index in [1.54, 1.807) is 22.7 Å². The Morgan fingerprint density at radius 3 is 0.971 bits per heavy atom. The van der Waals surface area contributed by atoms with Gasteiger partial charge in [-0.15, -0.1) is 22.7 Å². The third kappa shape index (κ3) is 23.0. The Balaban J connectivity index is 1.41. The molecule has 12 heteroatoms. The number of ether oxygens (including phenoxy) is 4. The van der Waals surface area contributed by atoms with Crippen molar-refractivity contribution < 1.29 is 28.5 Å². The van der Waals surface area contributed by atoms with E-state index in [2.05, 4.69) is 141 Å². The maximum absolute atomic E-state index is 16.6. The predicted molar refractivity (Wildman–Crippen MR) is 449 cm³/mol. The van der Waals surface area contributed by atoms with Gasteiger partial charge in [-0.05, 0) is 151 Å². The number of carbonyl (C=O) groups is 2. The van der Waals surface area contributed by atoms with Crippen LogP contribution in [0.4, 0.5) is 0 Å². The maximum atomic E-state index is 16.6. The van der Waals surface area contributed by atoms with Crippen molar-refractivity contribution in [3.05, 3.63) is 79.9 Å². The van der Waals surface area contributed by atoms with Gasteiger partial charge in [0.05, 0.1) is 58.7 Å². The molecule has 6 aromatic rings. The fourth-order valence-corrected chi connectivity index (χ4v) is 18.1. The van der Waals surface area contributed by atoms with Gasteiger partial charge in [-0.25, -0.2) is 0 Å². The van der Waals surface area contributed by atoms with E-state index in [0.717, 1.165) is 251 Å². The lowest BCUT2D eigenvalue weighted by molar-refractivity contribution is -0.124. The van der Waals surface area contributed by atoms with Crippen molar-refractivity contribution in [3.8, 4) is 33.4 Å². The lowest BCUT2D eigenvalue weighted by Crippen LogP contribution is -2.34. The highest BCUT2D eigenvalue weighted by Gasteiger charge is 2.50. The van der Waals surface area contributed by atoms with E-state index in [0.29, 0.717) is 56.6 Å². The number of carbonyl (C=O) groups excluding carboxylic acids is 2. The first-order valence-electron chi connectivity index (χ1n) is 42.8. The zero-order valence-corrected chi connectivity index (χ0v) is 69.2. The standard InChI is InChI=1S/C92H142N4O6S2/c1-13-21-29-37-39-43-51-67(49-41-31-23-15-3)65-95-83(81-82(90(95)98)84(77-55-56-78(104-77)92(11,12)94)96(89(81)97)66-68(50-42-32-24-16-4)52-44-40-38-30-22-14-2)76-54-53-75(103-76)69-61-71-79-72(62-69)86(100-58-46-34-26-18-6)88(102-60-48-36-28-20-8)74-64-70(91(9,10)93)63-73(80(74)79)87(101-59-47-35-27-19-7)85(71)99-57-45-33-25-17-5/h53-56,61-64,67-68H,13-52,57-60,65-66,93-94H2,1-12H3. The summed E-state index contributed by atoms with van der Waals surface area (Å²) in [5.74, 6) is 3.53. The third-order valence-electron chi connectivity index (χ3n) is 22.2. The van der Waals surface area contributed by atoms with Gasteiger partial charge in [-0.3, -0.25) is 9.59 Å². The van der Waals surface area contributed by atoms with Crippen LogP contribution in [-0.2, 0) is 20.7 Å². The number of nitrogens with zero attached hydrogens (tertiary/aromatic N) is 2. The van der Waals surface area contributed by atoms with Gasteiger partial charge in [0.15, 0.2) is 23.0 Å². The van der Waals surface area contributed by atoms with Gasteiger partial charge in [-0.1, -0.05) is 261 Å². The van der Waals surface area contributed by atoms with Crippen LogP contribution in [0, 0.1) is 11.8 Å². The smallest absolute Gasteiger partial charge is 0.261 e.